The number of hydrogen-bond donors (Lipinski definition) is 2. The number of rotatable bonds is 1. The fourth-order valence-corrected chi connectivity index (χ4v) is 1.25. The van der Waals surface area contributed by atoms with E-state index >= 15 is 0 Å². The molecule has 70 valence electrons. The largest absolute Gasteiger partial charge is 0.478 e. The first kappa shape index (κ1) is 9.91. The van der Waals surface area contributed by atoms with Crippen LogP contribution in [0.1, 0.15) is 10.4 Å². The van der Waals surface area contributed by atoms with E-state index in [4.69, 9.17) is 10.8 Å². The molecule has 0 fully saturated rings. The highest BCUT2D eigenvalue weighted by atomic mass is 79.9. The zero-order chi connectivity index (χ0) is 10.2. The van der Waals surface area contributed by atoms with Crippen LogP contribution in [-0.2, 0) is 0 Å². The molecule has 13 heavy (non-hydrogen) atoms. The van der Waals surface area contributed by atoms with Crippen LogP contribution in [0.4, 0.5) is 14.5 Å². The fourth-order valence-electron chi connectivity index (χ4n) is 0.831. The Hall–Kier alpha value is -1.17. The molecule has 0 saturated carbocycles. The number of carbonyl (C=O) groups is 1. The average Bonchev–Trinajstić information content (AvgIpc) is 1.99. The van der Waals surface area contributed by atoms with Gasteiger partial charge in [0.2, 0.25) is 0 Å². The molecule has 0 saturated heterocycles. The summed E-state index contributed by atoms with van der Waals surface area (Å²) in [6.07, 6.45) is 0. The van der Waals surface area contributed by atoms with Gasteiger partial charge in [-0.2, -0.15) is 0 Å². The quantitative estimate of drug-likeness (QED) is 0.593. The van der Waals surface area contributed by atoms with Crippen molar-refractivity contribution in [2.24, 2.45) is 0 Å². The van der Waals surface area contributed by atoms with Gasteiger partial charge in [-0.1, -0.05) is 0 Å². The molecule has 0 atom stereocenters. The minimum Gasteiger partial charge on any atom is -0.478 e. The van der Waals surface area contributed by atoms with Gasteiger partial charge in [-0.3, -0.25) is 0 Å². The number of anilines is 1. The lowest BCUT2D eigenvalue weighted by Gasteiger charge is -2.04. The minimum atomic E-state index is -1.60. The highest BCUT2D eigenvalue weighted by Gasteiger charge is 2.20. The highest BCUT2D eigenvalue weighted by molar-refractivity contribution is 9.10. The van der Waals surface area contributed by atoms with Gasteiger partial charge in [0.05, 0.1) is 10.2 Å². The molecule has 1 aromatic carbocycles. The van der Waals surface area contributed by atoms with Crippen LogP contribution in [0.25, 0.3) is 0 Å². The molecule has 0 aromatic heterocycles. The smallest absolute Gasteiger partial charge is 0.340 e. The van der Waals surface area contributed by atoms with E-state index in [0.29, 0.717) is 0 Å². The third kappa shape index (κ3) is 1.62. The van der Waals surface area contributed by atoms with Crippen LogP contribution in [0.15, 0.2) is 10.5 Å². The van der Waals surface area contributed by atoms with Crippen LogP contribution in [0.3, 0.4) is 0 Å². The molecule has 0 heterocycles. The van der Waals surface area contributed by atoms with Gasteiger partial charge in [0.15, 0.2) is 5.82 Å². The Kier molecular flexibility index (Phi) is 2.51. The lowest BCUT2D eigenvalue weighted by Crippen LogP contribution is -2.08. The third-order valence-corrected chi connectivity index (χ3v) is 2.00. The van der Waals surface area contributed by atoms with Gasteiger partial charge in [0.25, 0.3) is 0 Å². The van der Waals surface area contributed by atoms with E-state index in [9.17, 15) is 13.6 Å². The summed E-state index contributed by atoms with van der Waals surface area (Å²) in [6.45, 7) is 0. The second-order valence-electron chi connectivity index (χ2n) is 2.25. The van der Waals surface area contributed by atoms with Crippen molar-refractivity contribution in [1.29, 1.82) is 0 Å². The van der Waals surface area contributed by atoms with Gasteiger partial charge >= 0.3 is 5.97 Å². The van der Waals surface area contributed by atoms with Gasteiger partial charge in [-0.25, -0.2) is 13.6 Å². The molecule has 0 unspecified atom stereocenters. The summed E-state index contributed by atoms with van der Waals surface area (Å²) >= 11 is 2.69. The SMILES string of the molecule is Nc1c(F)c(Br)cc(F)c1C(=O)O. The molecule has 3 N–H and O–H groups in total. The first-order valence-electron chi connectivity index (χ1n) is 3.11. The van der Waals surface area contributed by atoms with Crippen molar-refractivity contribution >= 4 is 27.6 Å². The molecule has 6 heteroatoms. The van der Waals surface area contributed by atoms with Crippen molar-refractivity contribution in [3.05, 3.63) is 27.7 Å². The minimum absolute atomic E-state index is 0.201. The zero-order valence-corrected chi connectivity index (χ0v) is 7.73. The number of benzene rings is 1. The Morgan fingerprint density at radius 3 is 2.54 bits per heavy atom. The Morgan fingerprint density at radius 1 is 1.54 bits per heavy atom. The average molecular weight is 252 g/mol. The number of carboxylic acid groups (broad SMARTS) is 1. The lowest BCUT2D eigenvalue weighted by molar-refractivity contribution is 0.0692. The molecular weight excluding hydrogens is 248 g/mol. The van der Waals surface area contributed by atoms with Gasteiger partial charge in [0.1, 0.15) is 11.4 Å². The lowest BCUT2D eigenvalue weighted by atomic mass is 10.1. The van der Waals surface area contributed by atoms with E-state index in [1.165, 1.54) is 0 Å². The molecule has 0 aliphatic heterocycles. The molecule has 0 bridgehead atoms. The fraction of sp³-hybridized carbons (Fsp3) is 0. The van der Waals surface area contributed by atoms with E-state index in [0.717, 1.165) is 6.07 Å². The van der Waals surface area contributed by atoms with Crippen molar-refractivity contribution in [3.8, 4) is 0 Å². The summed E-state index contributed by atoms with van der Waals surface area (Å²) in [5.74, 6) is -3.64. The maximum Gasteiger partial charge on any atom is 0.340 e. The molecule has 0 radical (unpaired) electrons. The van der Waals surface area contributed by atoms with Gasteiger partial charge in [0, 0.05) is 0 Å². The van der Waals surface area contributed by atoms with Crippen LogP contribution in [-0.4, -0.2) is 11.1 Å². The summed E-state index contributed by atoms with van der Waals surface area (Å²) in [7, 11) is 0. The number of nitrogen functional groups attached to an aromatic ring is 1. The monoisotopic (exact) mass is 251 g/mol. The van der Waals surface area contributed by atoms with E-state index in [-0.39, 0.29) is 4.47 Å². The predicted octanol–water partition coefficient (Wildman–Crippen LogP) is 2.01. The van der Waals surface area contributed by atoms with Crippen LogP contribution < -0.4 is 5.73 Å². The summed E-state index contributed by atoms with van der Waals surface area (Å²) in [4.78, 5) is 10.4. The summed E-state index contributed by atoms with van der Waals surface area (Å²) < 4.78 is 25.6. The topological polar surface area (TPSA) is 63.3 Å². The Bertz CT molecular complexity index is 381. The molecule has 0 spiro atoms. The third-order valence-electron chi connectivity index (χ3n) is 1.42. The number of aromatic carboxylic acids is 1. The molecule has 0 amide bonds. The van der Waals surface area contributed by atoms with Crippen LogP contribution in [0.5, 0.6) is 0 Å². The normalized spacial score (nSPS) is 10.1. The number of halogens is 3. The van der Waals surface area contributed by atoms with E-state index in [1.54, 1.807) is 0 Å². The molecule has 0 aliphatic rings. The van der Waals surface area contributed by atoms with Crippen LogP contribution in [0, 0.1) is 11.6 Å². The standard InChI is InChI=1S/C7H4BrF2NO2/c8-2-1-3(9)4(7(12)13)6(11)5(2)10/h1H,11H2,(H,12,13). The Labute approximate surface area is 80.3 Å². The van der Waals surface area contributed by atoms with E-state index < -0.39 is 28.9 Å². The second-order valence-corrected chi connectivity index (χ2v) is 3.10. The summed E-state index contributed by atoms with van der Waals surface area (Å²) in [5, 5.41) is 8.46. The first-order valence-corrected chi connectivity index (χ1v) is 3.90. The first-order chi connectivity index (χ1) is 5.95. The second kappa shape index (κ2) is 3.29. The van der Waals surface area contributed by atoms with Crippen LogP contribution >= 0.6 is 15.9 Å². The van der Waals surface area contributed by atoms with Crippen LogP contribution in [0.2, 0.25) is 0 Å². The highest BCUT2D eigenvalue weighted by Crippen LogP contribution is 2.27. The maximum absolute atomic E-state index is 12.9. The van der Waals surface area contributed by atoms with Crippen molar-refractivity contribution < 1.29 is 18.7 Å². The summed E-state index contributed by atoms with van der Waals surface area (Å²) in [6, 6.07) is 0.717. The maximum atomic E-state index is 12.9. The Balaban J connectivity index is 3.53. The van der Waals surface area contributed by atoms with E-state index in [1.807, 2.05) is 0 Å². The van der Waals surface area contributed by atoms with Gasteiger partial charge < -0.3 is 10.8 Å². The molecule has 1 aromatic rings. The molecule has 3 nitrogen and oxygen atoms in total. The predicted molar refractivity (Wildman–Crippen MR) is 45.4 cm³/mol. The van der Waals surface area contributed by atoms with E-state index in [2.05, 4.69) is 15.9 Å². The van der Waals surface area contributed by atoms with Gasteiger partial charge in [-0.15, -0.1) is 0 Å². The Morgan fingerprint density at radius 2 is 2.08 bits per heavy atom. The molecule has 1 rings (SSSR count). The molecule has 0 aliphatic carbocycles. The number of nitrogens with two attached hydrogens (primary N) is 1. The van der Waals surface area contributed by atoms with Crippen molar-refractivity contribution in [1.82, 2.24) is 0 Å². The summed E-state index contributed by atoms with van der Waals surface area (Å²) in [5.41, 5.74) is 3.50. The molecular formula is C7H4BrF2NO2. The number of carboxylic acids is 1. The van der Waals surface area contributed by atoms with Crippen molar-refractivity contribution in [2.45, 2.75) is 0 Å². The van der Waals surface area contributed by atoms with Crippen molar-refractivity contribution in [2.75, 3.05) is 5.73 Å². The van der Waals surface area contributed by atoms with Gasteiger partial charge in [-0.05, 0) is 22.0 Å². The zero-order valence-electron chi connectivity index (χ0n) is 6.14. The number of hydrogen-bond acceptors (Lipinski definition) is 2. The van der Waals surface area contributed by atoms with Crippen molar-refractivity contribution in [3.63, 3.8) is 0 Å².